The van der Waals surface area contributed by atoms with Crippen LogP contribution in [0.2, 0.25) is 0 Å². The number of ketones is 1. The second-order valence-corrected chi connectivity index (χ2v) is 5.71. The first-order valence-corrected chi connectivity index (χ1v) is 6.62. The molecule has 1 nitrogen and oxygen atoms in total. The van der Waals surface area contributed by atoms with Gasteiger partial charge in [0.1, 0.15) is 0 Å². The fourth-order valence-electron chi connectivity index (χ4n) is 1.60. The highest BCUT2D eigenvalue weighted by Crippen LogP contribution is 2.23. The van der Waals surface area contributed by atoms with Gasteiger partial charge in [0, 0.05) is 20.5 Å². The molecule has 0 atom stereocenters. The van der Waals surface area contributed by atoms with E-state index in [1.807, 2.05) is 43.5 Å². The molecule has 16 heavy (non-hydrogen) atoms. The molecule has 0 bridgehead atoms. The van der Waals surface area contributed by atoms with E-state index in [0.29, 0.717) is 0 Å². The predicted molar refractivity (Wildman–Crippen MR) is 71.4 cm³/mol. The fourth-order valence-corrected chi connectivity index (χ4v) is 2.66. The van der Waals surface area contributed by atoms with Crippen LogP contribution in [-0.4, -0.2) is 5.78 Å². The van der Waals surface area contributed by atoms with Crippen molar-refractivity contribution >= 4 is 33.0 Å². The van der Waals surface area contributed by atoms with Gasteiger partial charge in [-0.3, -0.25) is 4.79 Å². The van der Waals surface area contributed by atoms with Crippen LogP contribution in [0.25, 0.3) is 0 Å². The van der Waals surface area contributed by atoms with Crippen LogP contribution in [0.15, 0.2) is 34.1 Å². The molecule has 82 valence electrons. The Bertz CT molecular complexity index is 543. The Morgan fingerprint density at radius 1 is 1.19 bits per heavy atom. The minimum Gasteiger partial charge on any atom is -0.289 e. The lowest BCUT2D eigenvalue weighted by atomic mass is 10.00. The van der Waals surface area contributed by atoms with Crippen molar-refractivity contribution in [2.24, 2.45) is 0 Å². The Hall–Kier alpha value is -0.930. The van der Waals surface area contributed by atoms with Gasteiger partial charge >= 0.3 is 0 Å². The Morgan fingerprint density at radius 2 is 1.94 bits per heavy atom. The van der Waals surface area contributed by atoms with Crippen molar-refractivity contribution in [2.75, 3.05) is 0 Å². The quantitative estimate of drug-likeness (QED) is 0.752. The summed E-state index contributed by atoms with van der Waals surface area (Å²) >= 11 is 5.00. The lowest BCUT2D eigenvalue weighted by molar-refractivity contribution is 0.103. The summed E-state index contributed by atoms with van der Waals surface area (Å²) < 4.78 is 0.939. The number of hydrogen-bond donors (Lipinski definition) is 0. The largest absolute Gasteiger partial charge is 0.289 e. The molecule has 0 saturated carbocycles. The van der Waals surface area contributed by atoms with E-state index < -0.39 is 0 Å². The number of rotatable bonds is 2. The summed E-state index contributed by atoms with van der Waals surface area (Å²) in [7, 11) is 0. The molecular formula is C13H11BrOS. The standard InChI is InChI=1S/C13H11BrOS/c1-8-3-4-10(14)7-12(8)13(15)11-5-6-16-9(11)2/h3-7H,1-2H3. The van der Waals surface area contributed by atoms with Gasteiger partial charge in [-0.2, -0.15) is 0 Å². The minimum atomic E-state index is 0.109. The zero-order chi connectivity index (χ0) is 11.7. The molecule has 3 heteroatoms. The van der Waals surface area contributed by atoms with Gasteiger partial charge in [0.25, 0.3) is 0 Å². The molecule has 1 aromatic carbocycles. The molecule has 0 saturated heterocycles. The fraction of sp³-hybridized carbons (Fsp3) is 0.154. The van der Waals surface area contributed by atoms with Crippen molar-refractivity contribution in [3.63, 3.8) is 0 Å². The van der Waals surface area contributed by atoms with Gasteiger partial charge in [-0.05, 0) is 43.0 Å². The SMILES string of the molecule is Cc1ccc(Br)cc1C(=O)c1ccsc1C. The molecule has 1 aromatic heterocycles. The first-order valence-electron chi connectivity index (χ1n) is 4.94. The molecule has 0 aliphatic carbocycles. The maximum Gasteiger partial charge on any atom is 0.194 e. The van der Waals surface area contributed by atoms with Crippen molar-refractivity contribution in [3.8, 4) is 0 Å². The van der Waals surface area contributed by atoms with Gasteiger partial charge in [-0.15, -0.1) is 11.3 Å². The van der Waals surface area contributed by atoms with E-state index in [-0.39, 0.29) is 5.78 Å². The van der Waals surface area contributed by atoms with Crippen LogP contribution < -0.4 is 0 Å². The van der Waals surface area contributed by atoms with Gasteiger partial charge in [0.2, 0.25) is 0 Å². The molecule has 0 unspecified atom stereocenters. The number of carbonyl (C=O) groups is 1. The zero-order valence-corrected chi connectivity index (χ0v) is 11.5. The van der Waals surface area contributed by atoms with Crippen molar-refractivity contribution in [1.82, 2.24) is 0 Å². The van der Waals surface area contributed by atoms with Crippen molar-refractivity contribution < 1.29 is 4.79 Å². The summed E-state index contributed by atoms with van der Waals surface area (Å²) in [6, 6.07) is 7.68. The van der Waals surface area contributed by atoms with E-state index >= 15 is 0 Å². The van der Waals surface area contributed by atoms with Crippen LogP contribution in [0.3, 0.4) is 0 Å². The summed E-state index contributed by atoms with van der Waals surface area (Å²) in [5.41, 5.74) is 2.60. The lowest BCUT2D eigenvalue weighted by Gasteiger charge is -2.05. The van der Waals surface area contributed by atoms with Crippen LogP contribution in [0, 0.1) is 13.8 Å². The molecule has 2 rings (SSSR count). The van der Waals surface area contributed by atoms with E-state index in [2.05, 4.69) is 15.9 Å². The normalized spacial score (nSPS) is 10.4. The molecule has 0 aliphatic heterocycles. The number of carbonyl (C=O) groups excluding carboxylic acids is 1. The lowest BCUT2D eigenvalue weighted by Crippen LogP contribution is -2.03. The first kappa shape index (κ1) is 11.6. The van der Waals surface area contributed by atoms with Crippen LogP contribution in [0.4, 0.5) is 0 Å². The van der Waals surface area contributed by atoms with Crippen molar-refractivity contribution in [2.45, 2.75) is 13.8 Å². The van der Waals surface area contributed by atoms with E-state index in [4.69, 9.17) is 0 Å². The van der Waals surface area contributed by atoms with Gasteiger partial charge in [-0.25, -0.2) is 0 Å². The van der Waals surface area contributed by atoms with Crippen molar-refractivity contribution in [1.29, 1.82) is 0 Å². The molecule has 1 heterocycles. The molecule has 0 amide bonds. The Balaban J connectivity index is 2.49. The average molecular weight is 295 g/mol. The monoisotopic (exact) mass is 294 g/mol. The molecule has 0 fully saturated rings. The van der Waals surface area contributed by atoms with E-state index in [1.54, 1.807) is 11.3 Å². The second kappa shape index (κ2) is 4.52. The topological polar surface area (TPSA) is 17.1 Å². The smallest absolute Gasteiger partial charge is 0.194 e. The number of aryl methyl sites for hydroxylation is 2. The Morgan fingerprint density at radius 3 is 2.56 bits per heavy atom. The summed E-state index contributed by atoms with van der Waals surface area (Å²) in [5.74, 6) is 0.109. The minimum absolute atomic E-state index is 0.109. The number of hydrogen-bond acceptors (Lipinski definition) is 2. The number of halogens is 1. The molecule has 0 N–H and O–H groups in total. The van der Waals surface area contributed by atoms with Gasteiger partial charge in [-0.1, -0.05) is 22.0 Å². The van der Waals surface area contributed by atoms with Crippen LogP contribution in [-0.2, 0) is 0 Å². The molecule has 2 aromatic rings. The highest BCUT2D eigenvalue weighted by molar-refractivity contribution is 9.10. The summed E-state index contributed by atoms with van der Waals surface area (Å²) in [6.45, 7) is 3.94. The highest BCUT2D eigenvalue weighted by Gasteiger charge is 2.14. The molecule has 0 aliphatic rings. The Kier molecular flexibility index (Phi) is 3.26. The number of thiophene rings is 1. The first-order chi connectivity index (χ1) is 7.59. The maximum atomic E-state index is 12.3. The zero-order valence-electron chi connectivity index (χ0n) is 9.08. The van der Waals surface area contributed by atoms with Crippen LogP contribution >= 0.6 is 27.3 Å². The third kappa shape index (κ3) is 2.11. The molecule has 0 spiro atoms. The highest BCUT2D eigenvalue weighted by atomic mass is 79.9. The van der Waals surface area contributed by atoms with Crippen molar-refractivity contribution in [3.05, 3.63) is 55.7 Å². The van der Waals surface area contributed by atoms with E-state index in [1.165, 1.54) is 0 Å². The average Bonchev–Trinajstić information content (AvgIpc) is 2.67. The van der Waals surface area contributed by atoms with Gasteiger partial charge < -0.3 is 0 Å². The van der Waals surface area contributed by atoms with E-state index in [0.717, 1.165) is 26.0 Å². The predicted octanol–water partition coefficient (Wildman–Crippen LogP) is 4.36. The maximum absolute atomic E-state index is 12.3. The summed E-state index contributed by atoms with van der Waals surface area (Å²) in [6.07, 6.45) is 0. The third-order valence-corrected chi connectivity index (χ3v) is 3.89. The number of benzene rings is 1. The van der Waals surface area contributed by atoms with Gasteiger partial charge in [0.05, 0.1) is 0 Å². The summed E-state index contributed by atoms with van der Waals surface area (Å²) in [4.78, 5) is 13.4. The third-order valence-electron chi connectivity index (χ3n) is 2.55. The molecular weight excluding hydrogens is 284 g/mol. The van der Waals surface area contributed by atoms with E-state index in [9.17, 15) is 4.79 Å². The second-order valence-electron chi connectivity index (χ2n) is 3.68. The molecule has 0 radical (unpaired) electrons. The van der Waals surface area contributed by atoms with Crippen LogP contribution in [0.1, 0.15) is 26.4 Å². The van der Waals surface area contributed by atoms with Gasteiger partial charge in [0.15, 0.2) is 5.78 Å². The Labute approximate surface area is 107 Å². The van der Waals surface area contributed by atoms with Crippen LogP contribution in [0.5, 0.6) is 0 Å². The summed E-state index contributed by atoms with van der Waals surface area (Å²) in [5, 5.41) is 1.95.